The van der Waals surface area contributed by atoms with Gasteiger partial charge < -0.3 is 10.5 Å². The molecule has 1 atom stereocenters. The number of aromatic nitrogens is 2. The Morgan fingerprint density at radius 1 is 1.39 bits per heavy atom. The van der Waals surface area contributed by atoms with Gasteiger partial charge in [0, 0.05) is 18.4 Å². The van der Waals surface area contributed by atoms with Gasteiger partial charge in [0.25, 0.3) is 0 Å². The molecule has 2 heterocycles. The van der Waals surface area contributed by atoms with Crippen LogP contribution in [0.5, 0.6) is 11.5 Å². The summed E-state index contributed by atoms with van der Waals surface area (Å²) in [5.74, 6) is 1.46. The van der Waals surface area contributed by atoms with E-state index in [9.17, 15) is 0 Å². The molecule has 0 aliphatic carbocycles. The van der Waals surface area contributed by atoms with Crippen molar-refractivity contribution in [2.45, 2.75) is 26.3 Å². The second kappa shape index (κ2) is 5.60. The van der Waals surface area contributed by atoms with E-state index in [0.29, 0.717) is 5.75 Å². The molecule has 2 aromatic heterocycles. The molecular formula is C14H17N3O. The van der Waals surface area contributed by atoms with Crippen LogP contribution in [-0.2, 0) is 6.42 Å². The van der Waals surface area contributed by atoms with E-state index in [0.717, 1.165) is 23.4 Å². The molecule has 0 aliphatic rings. The van der Waals surface area contributed by atoms with Crippen molar-refractivity contribution in [1.82, 2.24) is 9.97 Å². The molecule has 0 radical (unpaired) electrons. The molecule has 4 nitrogen and oxygen atoms in total. The molecule has 0 fully saturated rings. The van der Waals surface area contributed by atoms with Crippen LogP contribution in [0, 0.1) is 6.92 Å². The molecule has 0 bridgehead atoms. The molecule has 4 heteroatoms. The third-order valence-electron chi connectivity index (χ3n) is 2.51. The van der Waals surface area contributed by atoms with Gasteiger partial charge in [-0.1, -0.05) is 0 Å². The van der Waals surface area contributed by atoms with Crippen LogP contribution in [-0.4, -0.2) is 16.0 Å². The van der Waals surface area contributed by atoms with E-state index in [4.69, 9.17) is 10.5 Å². The summed E-state index contributed by atoms with van der Waals surface area (Å²) in [6.45, 7) is 3.88. The fraction of sp³-hybridized carbons (Fsp3) is 0.286. The van der Waals surface area contributed by atoms with Crippen molar-refractivity contribution in [2.75, 3.05) is 0 Å². The SMILES string of the molecule is Cc1ncccc1Oc1cncc(CC(C)N)c1. The Kier molecular flexibility index (Phi) is 3.89. The van der Waals surface area contributed by atoms with E-state index < -0.39 is 0 Å². The Labute approximate surface area is 107 Å². The normalized spacial score (nSPS) is 12.2. The van der Waals surface area contributed by atoms with Gasteiger partial charge in [0.05, 0.1) is 11.9 Å². The topological polar surface area (TPSA) is 61.0 Å². The molecular weight excluding hydrogens is 226 g/mol. The number of aryl methyl sites for hydroxylation is 1. The van der Waals surface area contributed by atoms with Gasteiger partial charge in [-0.15, -0.1) is 0 Å². The first-order valence-corrected chi connectivity index (χ1v) is 5.94. The molecule has 0 aliphatic heterocycles. The molecule has 0 saturated heterocycles. The Bertz CT molecular complexity index is 526. The number of hydrogen-bond acceptors (Lipinski definition) is 4. The zero-order valence-corrected chi connectivity index (χ0v) is 10.6. The van der Waals surface area contributed by atoms with E-state index >= 15 is 0 Å². The van der Waals surface area contributed by atoms with Gasteiger partial charge in [-0.25, -0.2) is 0 Å². The molecule has 94 valence electrons. The molecule has 2 N–H and O–H groups in total. The number of ether oxygens (including phenoxy) is 1. The minimum absolute atomic E-state index is 0.113. The van der Waals surface area contributed by atoms with Crippen molar-refractivity contribution in [2.24, 2.45) is 5.73 Å². The van der Waals surface area contributed by atoms with Gasteiger partial charge in [0.2, 0.25) is 0 Å². The molecule has 1 unspecified atom stereocenters. The maximum atomic E-state index is 5.77. The van der Waals surface area contributed by atoms with Gasteiger partial charge in [0.1, 0.15) is 11.5 Å². The number of hydrogen-bond donors (Lipinski definition) is 1. The number of nitrogens with zero attached hydrogens (tertiary/aromatic N) is 2. The van der Waals surface area contributed by atoms with Crippen molar-refractivity contribution in [3.8, 4) is 11.5 Å². The molecule has 2 aromatic rings. The fourth-order valence-electron chi connectivity index (χ4n) is 1.71. The predicted molar refractivity (Wildman–Crippen MR) is 70.6 cm³/mol. The minimum Gasteiger partial charge on any atom is -0.454 e. The fourth-order valence-corrected chi connectivity index (χ4v) is 1.71. The van der Waals surface area contributed by atoms with Gasteiger partial charge in [0.15, 0.2) is 0 Å². The van der Waals surface area contributed by atoms with Crippen LogP contribution < -0.4 is 10.5 Å². The maximum Gasteiger partial charge on any atom is 0.148 e. The lowest BCUT2D eigenvalue weighted by Crippen LogP contribution is -2.17. The van der Waals surface area contributed by atoms with Crippen LogP contribution in [0.15, 0.2) is 36.8 Å². The van der Waals surface area contributed by atoms with Crippen LogP contribution >= 0.6 is 0 Å². The van der Waals surface area contributed by atoms with Gasteiger partial charge in [-0.05, 0) is 44.0 Å². The number of nitrogens with two attached hydrogens (primary N) is 1. The third kappa shape index (κ3) is 3.28. The van der Waals surface area contributed by atoms with E-state index in [1.165, 1.54) is 0 Å². The zero-order chi connectivity index (χ0) is 13.0. The van der Waals surface area contributed by atoms with Crippen molar-refractivity contribution in [3.63, 3.8) is 0 Å². The maximum absolute atomic E-state index is 5.77. The highest BCUT2D eigenvalue weighted by molar-refractivity contribution is 5.33. The third-order valence-corrected chi connectivity index (χ3v) is 2.51. The molecule has 2 rings (SSSR count). The molecule has 18 heavy (non-hydrogen) atoms. The van der Waals surface area contributed by atoms with E-state index in [1.54, 1.807) is 12.4 Å². The summed E-state index contributed by atoms with van der Waals surface area (Å²) in [6.07, 6.45) is 6.03. The second-order valence-electron chi connectivity index (χ2n) is 4.40. The van der Waals surface area contributed by atoms with Crippen molar-refractivity contribution in [3.05, 3.63) is 48.0 Å². The number of pyridine rings is 2. The molecule has 0 amide bonds. The van der Waals surface area contributed by atoms with E-state index in [1.807, 2.05) is 38.2 Å². The van der Waals surface area contributed by atoms with Gasteiger partial charge in [-0.2, -0.15) is 0 Å². The molecule has 0 spiro atoms. The van der Waals surface area contributed by atoms with Crippen molar-refractivity contribution in [1.29, 1.82) is 0 Å². The summed E-state index contributed by atoms with van der Waals surface area (Å²) >= 11 is 0. The van der Waals surface area contributed by atoms with E-state index in [2.05, 4.69) is 9.97 Å². The summed E-state index contributed by atoms with van der Waals surface area (Å²) in [6, 6.07) is 5.81. The monoisotopic (exact) mass is 243 g/mol. The lowest BCUT2D eigenvalue weighted by Gasteiger charge is -2.09. The first-order valence-electron chi connectivity index (χ1n) is 5.94. The Morgan fingerprint density at radius 2 is 2.22 bits per heavy atom. The standard InChI is InChI=1S/C14H17N3O/c1-10(15)6-12-7-13(9-16-8-12)18-14-4-3-5-17-11(14)2/h3-5,7-10H,6,15H2,1-2H3. The average Bonchev–Trinajstić information content (AvgIpc) is 2.32. The highest BCUT2D eigenvalue weighted by atomic mass is 16.5. The van der Waals surface area contributed by atoms with Gasteiger partial charge in [-0.3, -0.25) is 9.97 Å². The molecule has 0 saturated carbocycles. The number of rotatable bonds is 4. The van der Waals surface area contributed by atoms with Crippen LogP contribution in [0.3, 0.4) is 0 Å². The highest BCUT2D eigenvalue weighted by Gasteiger charge is 2.04. The largest absolute Gasteiger partial charge is 0.454 e. The quantitative estimate of drug-likeness (QED) is 0.896. The average molecular weight is 243 g/mol. The highest BCUT2D eigenvalue weighted by Crippen LogP contribution is 2.23. The zero-order valence-electron chi connectivity index (χ0n) is 10.6. The molecule has 0 aromatic carbocycles. The van der Waals surface area contributed by atoms with Crippen LogP contribution in [0.2, 0.25) is 0 Å². The Morgan fingerprint density at radius 3 is 2.94 bits per heavy atom. The van der Waals surface area contributed by atoms with Crippen molar-refractivity contribution >= 4 is 0 Å². The summed E-state index contributed by atoms with van der Waals surface area (Å²) in [4.78, 5) is 8.34. The van der Waals surface area contributed by atoms with Crippen LogP contribution in [0.1, 0.15) is 18.2 Å². The van der Waals surface area contributed by atoms with Crippen LogP contribution in [0.25, 0.3) is 0 Å². The first-order chi connectivity index (χ1) is 8.65. The Balaban J connectivity index is 2.17. The lowest BCUT2D eigenvalue weighted by atomic mass is 10.1. The van der Waals surface area contributed by atoms with Crippen LogP contribution in [0.4, 0.5) is 0 Å². The summed E-state index contributed by atoms with van der Waals surface area (Å²) in [5.41, 5.74) is 7.70. The van der Waals surface area contributed by atoms with E-state index in [-0.39, 0.29) is 6.04 Å². The lowest BCUT2D eigenvalue weighted by molar-refractivity contribution is 0.472. The first kappa shape index (κ1) is 12.5. The summed E-state index contributed by atoms with van der Waals surface area (Å²) in [5, 5.41) is 0. The smallest absolute Gasteiger partial charge is 0.148 e. The summed E-state index contributed by atoms with van der Waals surface area (Å²) < 4.78 is 5.77. The van der Waals surface area contributed by atoms with Gasteiger partial charge >= 0.3 is 0 Å². The summed E-state index contributed by atoms with van der Waals surface area (Å²) in [7, 11) is 0. The Hall–Kier alpha value is -1.94. The van der Waals surface area contributed by atoms with Crippen molar-refractivity contribution < 1.29 is 4.74 Å². The second-order valence-corrected chi connectivity index (χ2v) is 4.40. The predicted octanol–water partition coefficient (Wildman–Crippen LogP) is 2.47. The minimum atomic E-state index is 0.113.